The molecule has 104 heavy (non-hydrogen) atoms. The first kappa shape index (κ1) is 88.0. The Morgan fingerprint density at radius 1 is 0.346 bits per heavy atom. The van der Waals surface area contributed by atoms with Crippen molar-refractivity contribution in [1.82, 2.24) is 59.8 Å². The number of pyridine rings is 3. The minimum absolute atomic E-state index is 0.0307. The summed E-state index contributed by atoms with van der Waals surface area (Å²) in [6.07, 6.45) is 22.0. The lowest BCUT2D eigenvalue weighted by Crippen LogP contribution is -2.15. The van der Waals surface area contributed by atoms with Crippen molar-refractivity contribution in [3.05, 3.63) is 267 Å². The normalized spacial score (nSPS) is 11.6. The van der Waals surface area contributed by atoms with Gasteiger partial charge in [-0.3, -0.25) is 19.9 Å². The number of aromatic nitrogens is 12. The fraction of sp³-hybridized carbons (Fsp3) is 0.427. The number of aromatic amines is 3. The maximum absolute atomic E-state index is 4.25. The van der Waals surface area contributed by atoms with Gasteiger partial charge in [0.05, 0.1) is 21.7 Å². The van der Waals surface area contributed by atoms with Crippen LogP contribution in [0.15, 0.2) is 212 Å². The molecule has 13 aromatic rings. The number of hydrogen-bond acceptors (Lipinski definition) is 12. The molecule has 0 aliphatic rings. The number of thiazole rings is 3. The van der Waals surface area contributed by atoms with Gasteiger partial charge in [-0.1, -0.05) is 242 Å². The molecule has 0 saturated carbocycles. The monoisotopic (exact) mass is 1460 g/mol. The van der Waals surface area contributed by atoms with E-state index in [1.807, 2.05) is 90.4 Å². The maximum atomic E-state index is 4.25. The second-order valence-corrected chi connectivity index (χ2v) is 37.0. The number of benzene rings is 3. The molecule has 0 aliphatic carbocycles. The molecule has 0 aliphatic heterocycles. The summed E-state index contributed by atoms with van der Waals surface area (Å²) in [6, 6.07) is 40.2. The van der Waals surface area contributed by atoms with Crippen molar-refractivity contribution < 1.29 is 0 Å². The molecule has 0 radical (unpaired) electrons. The first-order valence-corrected chi connectivity index (χ1v) is 38.8. The molecular weight excluding hydrogens is 1330 g/mol. The summed E-state index contributed by atoms with van der Waals surface area (Å²) in [7, 11) is 0. The quantitative estimate of drug-likeness (QED) is 0.153. The summed E-state index contributed by atoms with van der Waals surface area (Å²) in [5, 5.41) is 9.22. The zero-order valence-electron chi connectivity index (χ0n) is 68.1. The number of fused-ring (bicyclic) bond motifs is 3. The van der Waals surface area contributed by atoms with E-state index < -0.39 is 0 Å². The van der Waals surface area contributed by atoms with Crippen LogP contribution in [0.25, 0.3) is 32.7 Å². The molecule has 0 bridgehead atoms. The fourth-order valence-corrected chi connectivity index (χ4v) is 11.5. The van der Waals surface area contributed by atoms with Gasteiger partial charge in [0.15, 0.2) is 0 Å². The maximum Gasteiger partial charge on any atom is 0.137 e. The molecule has 0 spiro atoms. The van der Waals surface area contributed by atoms with Gasteiger partial charge < -0.3 is 15.0 Å². The van der Waals surface area contributed by atoms with Gasteiger partial charge in [-0.05, 0) is 144 Å². The number of para-hydroxylation sites is 1. The van der Waals surface area contributed by atoms with Crippen LogP contribution in [0.2, 0.25) is 0 Å². The number of rotatable bonds is 2. The highest BCUT2D eigenvalue weighted by molar-refractivity contribution is 7.10. The Kier molecular flexibility index (Phi) is 34.0. The third-order valence-electron chi connectivity index (χ3n) is 16.1. The summed E-state index contributed by atoms with van der Waals surface area (Å²) in [6.45, 7) is 61.1. The van der Waals surface area contributed by atoms with Crippen LogP contribution in [0.5, 0.6) is 0 Å². The van der Waals surface area contributed by atoms with Crippen molar-refractivity contribution in [2.24, 2.45) is 0 Å². The second kappa shape index (κ2) is 40.2. The third kappa shape index (κ3) is 31.9. The van der Waals surface area contributed by atoms with Crippen molar-refractivity contribution >= 4 is 66.7 Å². The molecule has 3 aromatic carbocycles. The first-order valence-electron chi connectivity index (χ1n) is 36.1. The molecule has 0 unspecified atom stereocenters. The molecule has 0 fully saturated rings. The number of H-pyrrole nitrogens is 3. The molecule has 15 heteroatoms. The van der Waals surface area contributed by atoms with Crippen LogP contribution in [0.3, 0.4) is 0 Å². The van der Waals surface area contributed by atoms with Gasteiger partial charge in [-0.15, -0.1) is 34.0 Å². The average Bonchev–Trinajstić information content (AvgIpc) is 1.65. The lowest BCUT2D eigenvalue weighted by Gasteiger charge is -2.19. The van der Waals surface area contributed by atoms with Crippen molar-refractivity contribution in [2.75, 3.05) is 0 Å². The van der Waals surface area contributed by atoms with Gasteiger partial charge in [0.2, 0.25) is 0 Å². The largest absolute Gasteiger partial charge is 0.361 e. The number of nitrogens with zero attached hydrogens (tertiary/aromatic N) is 9. The SMILES string of the molecule is CC(C)(C)c1ccc2[nH]ccc2c1.CC(C)(C)c1ccc2cc[nH]c2c1.CC(C)(C)c1cccc2cc[nH]c12.CC(C)(C)c1ccccn1.CC(C)(C)c1cccnc1.CC(C)(C)c1ccncc1.CC(C)(C)c1cscn1.CC(C)(C)c1ncncn1.CC(C)c1cncs1.CC(C)c1nccs1. The average molecular weight is 1460 g/mol. The summed E-state index contributed by atoms with van der Waals surface area (Å²) in [5.74, 6) is 2.07. The van der Waals surface area contributed by atoms with Crippen molar-refractivity contribution in [3.63, 3.8) is 0 Å². The summed E-state index contributed by atoms with van der Waals surface area (Å²) < 4.78 is 0. The van der Waals surface area contributed by atoms with Crippen LogP contribution in [-0.2, 0) is 43.3 Å². The van der Waals surface area contributed by atoms with E-state index in [2.05, 4.69) is 356 Å². The van der Waals surface area contributed by atoms with Crippen molar-refractivity contribution in [1.29, 1.82) is 0 Å². The fourth-order valence-electron chi connectivity index (χ4n) is 9.45. The standard InChI is InChI=1S/3C12H15N.3C9H13N.C7H11N3.C7H11NS.2C6H9NS/c1-12(2,3)10-4-5-11-9(8-10)6-7-13-11;1-12(2,3)10-5-4-9-6-7-13-11(9)8-10;1-12(2,3)10-6-4-5-9-7-8-13-11(9)10;1-9(2,3)8-4-6-10-7-5-8;1-9(2,3)8-5-4-6-10-7-8;1-9(2,3)8-6-4-5-7-10-8;1-7(2,3)6-9-4-8-5-10-6;1-7(2,3)6-4-9-5-8-6;1-5(2)6-3-7-4-8-6;1-5(2)6-7-3-4-8-6/h3*4-8,13H,1-3H3;3*4-7H,1-3H3;4-5H,1-3H3;4-5H,1-3H3;2*3-5H,1-2H3. The summed E-state index contributed by atoms with van der Waals surface area (Å²) >= 11 is 5.10. The third-order valence-corrected chi connectivity index (χ3v) is 18.8. The Morgan fingerprint density at radius 2 is 0.933 bits per heavy atom. The highest BCUT2D eigenvalue weighted by Gasteiger charge is 2.20. The lowest BCUT2D eigenvalue weighted by atomic mass is 9.86. The molecule has 0 atom stereocenters. The number of nitrogens with one attached hydrogen (secondary N) is 3. The molecule has 0 saturated heterocycles. The van der Waals surface area contributed by atoms with Gasteiger partial charge in [-0.25, -0.2) is 24.9 Å². The topological polar surface area (TPSA) is 163 Å². The van der Waals surface area contributed by atoms with E-state index in [9.17, 15) is 0 Å². The molecule has 10 aromatic heterocycles. The zero-order valence-corrected chi connectivity index (χ0v) is 70.6. The van der Waals surface area contributed by atoms with Gasteiger partial charge in [-0.2, -0.15) is 0 Å². The Balaban J connectivity index is 0.000000246. The zero-order chi connectivity index (χ0) is 77.7. The smallest absolute Gasteiger partial charge is 0.137 e. The molecule has 558 valence electrons. The Bertz CT molecular complexity index is 4040. The van der Waals surface area contributed by atoms with Gasteiger partial charge in [0, 0.05) is 122 Å². The van der Waals surface area contributed by atoms with Crippen LogP contribution in [0, 0.1) is 0 Å². The predicted octanol–water partition coefficient (Wildman–Crippen LogP) is 25.7. The molecule has 10 heterocycles. The molecular formula is C89H124N12S3. The lowest BCUT2D eigenvalue weighted by molar-refractivity contribution is 0.541. The van der Waals surface area contributed by atoms with E-state index in [-0.39, 0.29) is 43.3 Å². The molecule has 3 N–H and O–H groups in total. The molecule has 12 nitrogen and oxygen atoms in total. The van der Waals surface area contributed by atoms with Crippen LogP contribution in [0.4, 0.5) is 0 Å². The van der Waals surface area contributed by atoms with Gasteiger partial charge in [0.1, 0.15) is 18.5 Å². The van der Waals surface area contributed by atoms with Gasteiger partial charge >= 0.3 is 0 Å². The molecule has 0 amide bonds. The predicted molar refractivity (Wildman–Crippen MR) is 452 cm³/mol. The summed E-state index contributed by atoms with van der Waals surface area (Å²) in [4.78, 5) is 47.4. The first-order chi connectivity index (χ1) is 48.4. The Hall–Kier alpha value is -8.37. The highest BCUT2D eigenvalue weighted by atomic mass is 32.1. The second-order valence-electron chi connectivity index (χ2n) is 34.4. The van der Waals surface area contributed by atoms with E-state index in [4.69, 9.17) is 0 Å². The molecule has 13 rings (SSSR count). The van der Waals surface area contributed by atoms with Crippen LogP contribution in [-0.4, -0.2) is 59.8 Å². The minimum atomic E-state index is 0.0307. The van der Waals surface area contributed by atoms with Crippen LogP contribution >= 0.6 is 34.0 Å². The van der Waals surface area contributed by atoms with Crippen molar-refractivity contribution in [3.8, 4) is 0 Å². The minimum Gasteiger partial charge on any atom is -0.361 e. The van der Waals surface area contributed by atoms with E-state index in [0.717, 1.165) is 11.5 Å². The number of hydrogen-bond donors (Lipinski definition) is 3. The highest BCUT2D eigenvalue weighted by Crippen LogP contribution is 2.31. The van der Waals surface area contributed by atoms with E-state index in [0.29, 0.717) is 11.8 Å². The van der Waals surface area contributed by atoms with E-state index >= 15 is 0 Å². The summed E-state index contributed by atoms with van der Waals surface area (Å²) in [5.41, 5.74) is 18.2. The van der Waals surface area contributed by atoms with Crippen LogP contribution < -0.4 is 0 Å². The van der Waals surface area contributed by atoms with Gasteiger partial charge in [0.25, 0.3) is 0 Å². The van der Waals surface area contributed by atoms with E-state index in [1.54, 1.807) is 40.2 Å². The van der Waals surface area contributed by atoms with Crippen LogP contribution in [0.1, 0.15) is 261 Å². The van der Waals surface area contributed by atoms with Crippen molar-refractivity contribution in [2.45, 2.75) is 249 Å². The van der Waals surface area contributed by atoms with E-state index in [1.165, 1.54) is 88.8 Å². The Labute approximate surface area is 637 Å². The Morgan fingerprint density at radius 3 is 1.36 bits per heavy atom.